The summed E-state index contributed by atoms with van der Waals surface area (Å²) in [5, 5.41) is 24.0. The van der Waals surface area contributed by atoms with Gasteiger partial charge in [-0.1, -0.05) is 6.07 Å². The Labute approximate surface area is 442 Å². The van der Waals surface area contributed by atoms with Gasteiger partial charge in [-0.25, -0.2) is 59.8 Å². The van der Waals surface area contributed by atoms with Crippen LogP contribution in [-0.2, 0) is 6.18 Å². The normalized spacial score (nSPS) is 11.8. The lowest BCUT2D eigenvalue weighted by molar-refractivity contribution is -0.137. The molecule has 78 heavy (non-hydrogen) atoms. The number of aromatic nitrogens is 14. The molecule has 6 aromatic heterocycles. The summed E-state index contributed by atoms with van der Waals surface area (Å²) >= 11 is 0. The van der Waals surface area contributed by atoms with E-state index in [1.165, 1.54) is 12.1 Å². The van der Waals surface area contributed by atoms with E-state index in [4.69, 9.17) is 39.9 Å². The summed E-state index contributed by atoms with van der Waals surface area (Å²) in [4.78, 5) is 55.2. The van der Waals surface area contributed by atoms with E-state index in [2.05, 4.69) is 26.0 Å². The van der Waals surface area contributed by atoms with E-state index in [0.29, 0.717) is 126 Å². The Morgan fingerprint density at radius 2 is 0.679 bits per heavy atom. The minimum absolute atomic E-state index is 0.00457. The Balaban J connectivity index is 1.23. The van der Waals surface area contributed by atoms with E-state index in [-0.39, 0.29) is 22.3 Å². The van der Waals surface area contributed by atoms with Crippen molar-refractivity contribution >= 4 is 43.6 Å². The maximum absolute atomic E-state index is 15.3. The highest BCUT2D eigenvalue weighted by Gasteiger charge is 2.35. The molecule has 0 bridgehead atoms. The third-order valence-electron chi connectivity index (χ3n) is 13.5. The zero-order chi connectivity index (χ0) is 54.5. The lowest BCUT2D eigenvalue weighted by Gasteiger charge is -2.21. The third-order valence-corrected chi connectivity index (χ3v) is 13.5. The molecule has 19 heteroatoms. The summed E-state index contributed by atoms with van der Waals surface area (Å²) < 4.78 is 50.0. The molecule has 12 aromatic rings. The second-order valence-corrected chi connectivity index (χ2v) is 19.0. The number of rotatable bonds is 7. The van der Waals surface area contributed by atoms with Crippen molar-refractivity contribution in [1.82, 2.24) is 68.9 Å². The van der Waals surface area contributed by atoms with Crippen molar-refractivity contribution in [3.05, 3.63) is 166 Å². The molecule has 0 unspecified atom stereocenters. The quantitative estimate of drug-likeness (QED) is 0.145. The number of hydrogen-bond donors (Lipinski definition) is 0. The average molecular weight is 1030 g/mol. The largest absolute Gasteiger partial charge is 0.417 e. The molecule has 0 spiro atoms. The number of fused-ring (bicyclic) bond motifs is 6. The first kappa shape index (κ1) is 48.7. The number of alkyl halides is 3. The van der Waals surface area contributed by atoms with Gasteiger partial charge in [0.05, 0.1) is 62.3 Å². The number of nitrogens with zero attached hydrogens (tertiary/aromatic N) is 16. The van der Waals surface area contributed by atoms with Gasteiger partial charge in [0.25, 0.3) is 0 Å². The van der Waals surface area contributed by atoms with Crippen LogP contribution in [0.5, 0.6) is 0 Å². The fraction of sp³-hybridized carbons (Fsp3) is 0.153. The average Bonchev–Trinajstić information content (AvgIpc) is 4.01. The summed E-state index contributed by atoms with van der Waals surface area (Å²) in [5.74, 6) is 6.23. The molecule has 0 aliphatic heterocycles. The second-order valence-electron chi connectivity index (χ2n) is 19.0. The molecule has 0 N–H and O–H groups in total. The van der Waals surface area contributed by atoms with Gasteiger partial charge in [0.15, 0.2) is 23.3 Å². The molecule has 0 aliphatic rings. The Bertz CT molecular complexity index is 4340. The molecular formula is C59H41F3N16. The molecule has 6 heterocycles. The van der Waals surface area contributed by atoms with Gasteiger partial charge in [0.2, 0.25) is 0 Å². The van der Waals surface area contributed by atoms with Crippen molar-refractivity contribution in [1.29, 1.82) is 10.5 Å². The first-order valence-electron chi connectivity index (χ1n) is 24.6. The van der Waals surface area contributed by atoms with E-state index in [0.717, 1.165) is 27.6 Å². The van der Waals surface area contributed by atoms with Gasteiger partial charge in [-0.2, -0.15) is 23.7 Å². The number of hydrogen-bond acceptors (Lipinski definition) is 14. The van der Waals surface area contributed by atoms with Gasteiger partial charge >= 0.3 is 6.18 Å². The van der Waals surface area contributed by atoms with Crippen molar-refractivity contribution in [3.8, 4) is 80.2 Å². The summed E-state index contributed by atoms with van der Waals surface area (Å²) in [6, 6.07) is 34.1. The fourth-order valence-corrected chi connectivity index (χ4v) is 10.4. The zero-order valence-corrected chi connectivity index (χ0v) is 43.1. The molecule has 0 aliphatic carbocycles. The van der Waals surface area contributed by atoms with Crippen LogP contribution in [0.15, 0.2) is 103 Å². The van der Waals surface area contributed by atoms with E-state index in [1.54, 1.807) is 67.5 Å². The predicted octanol–water partition coefficient (Wildman–Crippen LogP) is 12.2. The highest BCUT2D eigenvalue weighted by atomic mass is 19.4. The fourth-order valence-electron chi connectivity index (χ4n) is 10.4. The maximum atomic E-state index is 15.3. The lowest BCUT2D eigenvalue weighted by atomic mass is 9.92. The Kier molecular flexibility index (Phi) is 11.4. The van der Waals surface area contributed by atoms with Crippen LogP contribution in [-0.4, -0.2) is 68.9 Å². The lowest BCUT2D eigenvalue weighted by Crippen LogP contribution is -2.10. The molecule has 0 amide bonds. The van der Waals surface area contributed by atoms with Crippen LogP contribution in [0.2, 0.25) is 0 Å². The maximum Gasteiger partial charge on any atom is 0.417 e. The molecule has 12 rings (SSSR count). The van der Waals surface area contributed by atoms with E-state index in [9.17, 15) is 10.5 Å². The van der Waals surface area contributed by atoms with E-state index >= 15 is 13.2 Å². The zero-order valence-electron chi connectivity index (χ0n) is 43.1. The number of benzene rings is 6. The van der Waals surface area contributed by atoms with Gasteiger partial charge in [0, 0.05) is 49.4 Å². The van der Waals surface area contributed by atoms with Crippen LogP contribution >= 0.6 is 0 Å². The van der Waals surface area contributed by atoms with Gasteiger partial charge in [-0.15, -0.1) is 0 Å². The molecule has 0 saturated carbocycles. The van der Waals surface area contributed by atoms with Gasteiger partial charge in [-0.3, -0.25) is 0 Å². The monoisotopic (exact) mass is 1030 g/mol. The summed E-state index contributed by atoms with van der Waals surface area (Å²) in [7, 11) is 0. The van der Waals surface area contributed by atoms with Crippen molar-refractivity contribution in [2.75, 3.05) is 0 Å². The molecule has 0 fully saturated rings. The van der Waals surface area contributed by atoms with Gasteiger partial charge in [0.1, 0.15) is 46.6 Å². The Hall–Kier alpha value is -10.3. The van der Waals surface area contributed by atoms with Gasteiger partial charge in [-0.05, 0) is 158 Å². The summed E-state index contributed by atoms with van der Waals surface area (Å²) in [5.41, 5.74) is 4.81. The molecule has 0 atom stereocenters. The molecule has 16 nitrogen and oxygen atoms in total. The second kappa shape index (κ2) is 18.2. The predicted molar refractivity (Wildman–Crippen MR) is 288 cm³/mol. The SMILES string of the molecule is Cc1nc(C)nc(-c2ccc3c(c2)c2cc(-c4nc(C)nc(C)n4)ccc2n3-c2cc(C#N)c(-c3ccc(C#N)cc3C(F)(F)F)cc2-n2c3ccc(-c4nc(C)nc(C)n4)cc3c3cc(-c4nc(C)nc(C)n4)ccc32)n1. The Morgan fingerprint density at radius 3 is 0.974 bits per heavy atom. The first-order chi connectivity index (χ1) is 37.4. The molecule has 0 radical (unpaired) electrons. The molecular weight excluding hydrogens is 990 g/mol. The van der Waals surface area contributed by atoms with Crippen LogP contribution < -0.4 is 0 Å². The number of halogens is 3. The Morgan fingerprint density at radius 1 is 0.359 bits per heavy atom. The molecule has 6 aromatic carbocycles. The van der Waals surface area contributed by atoms with Crippen LogP contribution in [0.25, 0.3) is 112 Å². The highest BCUT2D eigenvalue weighted by Crippen LogP contribution is 2.45. The smallest absolute Gasteiger partial charge is 0.307 e. The third kappa shape index (κ3) is 8.43. The van der Waals surface area contributed by atoms with Crippen LogP contribution in [0, 0.1) is 78.1 Å². The van der Waals surface area contributed by atoms with E-state index < -0.39 is 11.7 Å². The van der Waals surface area contributed by atoms with Crippen LogP contribution in [0.1, 0.15) is 63.3 Å². The number of nitriles is 2. The minimum atomic E-state index is -4.90. The molecule has 0 saturated heterocycles. The van der Waals surface area contributed by atoms with E-state index in [1.807, 2.05) is 88.0 Å². The summed E-state index contributed by atoms with van der Waals surface area (Å²) in [6.07, 6.45) is -4.90. The molecule has 378 valence electrons. The van der Waals surface area contributed by atoms with Crippen molar-refractivity contribution < 1.29 is 13.2 Å². The topological polar surface area (TPSA) is 212 Å². The first-order valence-corrected chi connectivity index (χ1v) is 24.6. The highest BCUT2D eigenvalue weighted by molar-refractivity contribution is 6.14. The van der Waals surface area contributed by atoms with Crippen LogP contribution in [0.3, 0.4) is 0 Å². The summed E-state index contributed by atoms with van der Waals surface area (Å²) in [6.45, 7) is 14.4. The van der Waals surface area contributed by atoms with Crippen molar-refractivity contribution in [2.45, 2.75) is 61.6 Å². The van der Waals surface area contributed by atoms with Crippen molar-refractivity contribution in [2.24, 2.45) is 0 Å². The van der Waals surface area contributed by atoms with Gasteiger partial charge < -0.3 is 9.13 Å². The number of aryl methyl sites for hydroxylation is 8. The van der Waals surface area contributed by atoms with Crippen molar-refractivity contribution in [3.63, 3.8) is 0 Å². The standard InChI is InChI=1S/C59H41F3N16/c1-28-65-29(2)70-55(69-28)37-10-15-49-44(20-37)45-21-38(56-71-30(3)66-31(4)72-56)11-16-50(45)77(49)53-24-41(27-64)43(42-14-9-36(26-63)19-48(42)59(60,61)62)25-54(53)78-51-17-12-39(57-73-32(5)67-33(6)74-57)22-46(51)47-23-40(13-18-52(47)78)58-75-34(7)68-35(8)76-58/h9-25H,1-8H3. The van der Waals surface area contributed by atoms with Crippen LogP contribution in [0.4, 0.5) is 13.2 Å². The minimum Gasteiger partial charge on any atom is -0.307 e.